The van der Waals surface area contributed by atoms with E-state index >= 15 is 0 Å². The van der Waals surface area contributed by atoms with Crippen molar-refractivity contribution < 1.29 is 4.74 Å². The second-order valence-electron chi connectivity index (χ2n) is 3.14. The van der Waals surface area contributed by atoms with Gasteiger partial charge in [0.15, 0.2) is 0 Å². The van der Waals surface area contributed by atoms with Crippen molar-refractivity contribution >= 4 is 0 Å². The van der Waals surface area contributed by atoms with Crippen LogP contribution in [-0.2, 0) is 4.74 Å². The van der Waals surface area contributed by atoms with Crippen LogP contribution in [0.25, 0.3) is 0 Å². The molecule has 0 aliphatic carbocycles. The summed E-state index contributed by atoms with van der Waals surface area (Å²) in [5, 5.41) is 0. The van der Waals surface area contributed by atoms with Gasteiger partial charge in [-0.15, -0.1) is 6.58 Å². The van der Waals surface area contributed by atoms with E-state index in [0.717, 1.165) is 26.1 Å². The Labute approximate surface area is 81.5 Å². The number of rotatable bonds is 9. The zero-order valence-corrected chi connectivity index (χ0v) is 8.67. The van der Waals surface area contributed by atoms with Gasteiger partial charge in [0, 0.05) is 13.1 Å². The molecule has 0 spiro atoms. The molecular weight excluding hydrogens is 164 g/mol. The average Bonchev–Trinajstić information content (AvgIpc) is 2.13. The summed E-state index contributed by atoms with van der Waals surface area (Å²) in [6.07, 6.45) is 4.23. The summed E-state index contributed by atoms with van der Waals surface area (Å²) in [5.74, 6) is 0. The van der Waals surface area contributed by atoms with Crippen molar-refractivity contribution in [2.75, 3.05) is 39.9 Å². The molecule has 0 saturated carbocycles. The Morgan fingerprint density at radius 2 is 2.15 bits per heavy atom. The van der Waals surface area contributed by atoms with Crippen LogP contribution in [0.5, 0.6) is 0 Å². The maximum absolute atomic E-state index is 5.29. The quantitative estimate of drug-likeness (QED) is 0.429. The van der Waals surface area contributed by atoms with Gasteiger partial charge in [-0.25, -0.2) is 0 Å². The second-order valence-corrected chi connectivity index (χ2v) is 3.14. The molecule has 0 bridgehead atoms. The van der Waals surface area contributed by atoms with Crippen LogP contribution in [0.2, 0.25) is 0 Å². The highest BCUT2D eigenvalue weighted by Crippen LogP contribution is 1.92. The molecule has 0 aromatic heterocycles. The van der Waals surface area contributed by atoms with Crippen molar-refractivity contribution in [3.05, 3.63) is 12.7 Å². The Morgan fingerprint density at radius 1 is 1.38 bits per heavy atom. The molecule has 2 N–H and O–H groups in total. The minimum Gasteiger partial charge on any atom is -0.379 e. The highest BCUT2D eigenvalue weighted by molar-refractivity contribution is 4.66. The number of nitrogens with zero attached hydrogens (tertiary/aromatic N) is 1. The molecule has 0 rings (SSSR count). The van der Waals surface area contributed by atoms with Crippen LogP contribution in [0.3, 0.4) is 0 Å². The predicted molar refractivity (Wildman–Crippen MR) is 56.8 cm³/mol. The topological polar surface area (TPSA) is 38.5 Å². The minimum absolute atomic E-state index is 0.611. The van der Waals surface area contributed by atoms with E-state index in [9.17, 15) is 0 Å². The molecule has 0 unspecified atom stereocenters. The fourth-order valence-electron chi connectivity index (χ4n) is 1.02. The average molecular weight is 186 g/mol. The zero-order valence-electron chi connectivity index (χ0n) is 8.67. The third-order valence-corrected chi connectivity index (χ3v) is 1.83. The van der Waals surface area contributed by atoms with Gasteiger partial charge in [0.05, 0.1) is 13.2 Å². The van der Waals surface area contributed by atoms with Gasteiger partial charge in [-0.3, -0.25) is 0 Å². The van der Waals surface area contributed by atoms with Gasteiger partial charge in [-0.05, 0) is 26.4 Å². The van der Waals surface area contributed by atoms with Crippen LogP contribution in [0.15, 0.2) is 12.7 Å². The van der Waals surface area contributed by atoms with E-state index in [0.29, 0.717) is 13.2 Å². The van der Waals surface area contributed by atoms with Crippen molar-refractivity contribution in [3.63, 3.8) is 0 Å². The number of unbranched alkanes of at least 4 members (excludes halogenated alkanes) is 1. The van der Waals surface area contributed by atoms with Crippen molar-refractivity contribution in [1.29, 1.82) is 0 Å². The summed E-state index contributed by atoms with van der Waals surface area (Å²) in [5.41, 5.74) is 5.29. The number of hydrogen-bond donors (Lipinski definition) is 1. The summed E-state index contributed by atoms with van der Waals surface area (Å²) in [6, 6.07) is 0. The number of hydrogen-bond acceptors (Lipinski definition) is 3. The maximum Gasteiger partial charge on any atom is 0.0593 e. The Bertz CT molecular complexity index is 117. The second kappa shape index (κ2) is 9.71. The van der Waals surface area contributed by atoms with Crippen molar-refractivity contribution in [2.45, 2.75) is 12.8 Å². The molecule has 0 radical (unpaired) electrons. The molecule has 0 aliphatic rings. The van der Waals surface area contributed by atoms with E-state index in [1.54, 1.807) is 0 Å². The molecule has 0 aromatic carbocycles. The fraction of sp³-hybridized carbons (Fsp3) is 0.800. The summed E-state index contributed by atoms with van der Waals surface area (Å²) in [7, 11) is 2.11. The first-order valence-electron chi connectivity index (χ1n) is 4.88. The lowest BCUT2D eigenvalue weighted by molar-refractivity contribution is 0.117. The Kier molecular flexibility index (Phi) is 9.42. The van der Waals surface area contributed by atoms with Gasteiger partial charge >= 0.3 is 0 Å². The smallest absolute Gasteiger partial charge is 0.0593 e. The van der Waals surface area contributed by atoms with E-state index in [1.165, 1.54) is 6.42 Å². The normalized spacial score (nSPS) is 10.7. The van der Waals surface area contributed by atoms with Gasteiger partial charge in [0.1, 0.15) is 0 Å². The molecular formula is C10H22N2O. The van der Waals surface area contributed by atoms with Gasteiger partial charge in [0.2, 0.25) is 0 Å². The van der Waals surface area contributed by atoms with Crippen LogP contribution < -0.4 is 5.73 Å². The Balaban J connectivity index is 3.09. The lowest BCUT2D eigenvalue weighted by Crippen LogP contribution is -2.25. The predicted octanol–water partition coefficient (Wildman–Crippen LogP) is 0.860. The monoisotopic (exact) mass is 186 g/mol. The number of ether oxygens (including phenoxy) is 1. The van der Waals surface area contributed by atoms with E-state index in [4.69, 9.17) is 10.5 Å². The number of allylic oxidation sites excluding steroid dienone is 1. The third kappa shape index (κ3) is 9.53. The van der Waals surface area contributed by atoms with Crippen LogP contribution in [0.1, 0.15) is 12.8 Å². The zero-order chi connectivity index (χ0) is 9.94. The molecule has 0 aromatic rings. The first-order valence-corrected chi connectivity index (χ1v) is 4.88. The van der Waals surface area contributed by atoms with Crippen molar-refractivity contribution in [2.24, 2.45) is 5.73 Å². The third-order valence-electron chi connectivity index (χ3n) is 1.83. The van der Waals surface area contributed by atoms with Crippen LogP contribution >= 0.6 is 0 Å². The molecule has 78 valence electrons. The van der Waals surface area contributed by atoms with Gasteiger partial charge < -0.3 is 15.4 Å². The standard InChI is InChI=1S/C10H22N2O/c1-3-4-5-7-12(2)8-10-13-9-6-11/h3H,1,4-11H2,2H3. The van der Waals surface area contributed by atoms with Gasteiger partial charge in [-0.2, -0.15) is 0 Å². The van der Waals surface area contributed by atoms with Crippen LogP contribution in [0.4, 0.5) is 0 Å². The first kappa shape index (κ1) is 12.6. The largest absolute Gasteiger partial charge is 0.379 e. The SMILES string of the molecule is C=CCCCN(C)CCOCCN. The van der Waals surface area contributed by atoms with Gasteiger partial charge in [-0.1, -0.05) is 6.08 Å². The van der Waals surface area contributed by atoms with E-state index in [2.05, 4.69) is 18.5 Å². The number of likely N-dealkylation sites (N-methyl/N-ethyl adjacent to an activating group) is 1. The molecule has 0 fully saturated rings. The Morgan fingerprint density at radius 3 is 2.77 bits per heavy atom. The van der Waals surface area contributed by atoms with Crippen LogP contribution in [-0.4, -0.2) is 44.8 Å². The fourth-order valence-corrected chi connectivity index (χ4v) is 1.02. The molecule has 0 heterocycles. The molecule has 0 aliphatic heterocycles. The molecule has 0 atom stereocenters. The summed E-state index contributed by atoms with van der Waals surface area (Å²) in [4.78, 5) is 2.26. The van der Waals surface area contributed by atoms with Crippen molar-refractivity contribution in [1.82, 2.24) is 4.90 Å². The maximum atomic E-state index is 5.29. The van der Waals surface area contributed by atoms with Crippen molar-refractivity contribution in [3.8, 4) is 0 Å². The Hall–Kier alpha value is -0.380. The van der Waals surface area contributed by atoms with E-state index in [1.807, 2.05) is 6.08 Å². The number of nitrogens with two attached hydrogens (primary N) is 1. The van der Waals surface area contributed by atoms with Gasteiger partial charge in [0.25, 0.3) is 0 Å². The molecule has 13 heavy (non-hydrogen) atoms. The lowest BCUT2D eigenvalue weighted by atomic mass is 10.3. The molecule has 0 amide bonds. The highest BCUT2D eigenvalue weighted by Gasteiger charge is 1.96. The molecule has 0 saturated heterocycles. The van der Waals surface area contributed by atoms with Crippen LogP contribution in [0, 0.1) is 0 Å². The van der Waals surface area contributed by atoms with E-state index < -0.39 is 0 Å². The minimum atomic E-state index is 0.611. The lowest BCUT2D eigenvalue weighted by Gasteiger charge is -2.15. The first-order chi connectivity index (χ1) is 6.31. The molecule has 3 nitrogen and oxygen atoms in total. The summed E-state index contributed by atoms with van der Waals surface area (Å²) < 4.78 is 5.27. The summed E-state index contributed by atoms with van der Waals surface area (Å²) in [6.45, 7) is 7.84. The molecule has 3 heteroatoms. The van der Waals surface area contributed by atoms with E-state index in [-0.39, 0.29) is 0 Å². The highest BCUT2D eigenvalue weighted by atomic mass is 16.5. The summed E-state index contributed by atoms with van der Waals surface area (Å²) >= 11 is 0.